The van der Waals surface area contributed by atoms with Crippen molar-refractivity contribution in [2.24, 2.45) is 0 Å². The van der Waals surface area contributed by atoms with Crippen molar-refractivity contribution >= 4 is 17.6 Å². The van der Waals surface area contributed by atoms with Crippen molar-refractivity contribution in [1.82, 2.24) is 15.0 Å². The second-order valence-electron chi connectivity index (χ2n) is 4.25. The zero-order valence-electron chi connectivity index (χ0n) is 12.0. The number of nitrogens with zero attached hydrogens (tertiary/aromatic N) is 3. The number of anilines is 3. The predicted octanol–water partition coefficient (Wildman–Crippen LogP) is 2.62. The third kappa shape index (κ3) is 3.34. The molecule has 0 aliphatic rings. The highest BCUT2D eigenvalue weighted by Crippen LogP contribution is 2.21. The molecule has 0 fully saturated rings. The van der Waals surface area contributed by atoms with E-state index in [1.54, 1.807) is 7.05 Å². The van der Waals surface area contributed by atoms with Crippen LogP contribution in [0.15, 0.2) is 24.3 Å². The van der Waals surface area contributed by atoms with Gasteiger partial charge in [0, 0.05) is 12.7 Å². The van der Waals surface area contributed by atoms with Gasteiger partial charge >= 0.3 is 6.01 Å². The van der Waals surface area contributed by atoms with Crippen LogP contribution in [0.5, 0.6) is 6.01 Å². The van der Waals surface area contributed by atoms with Crippen molar-refractivity contribution in [3.8, 4) is 6.01 Å². The summed E-state index contributed by atoms with van der Waals surface area (Å²) in [6.45, 7) is 2.15. The SMILES string of the molecule is CCCc1ccccc1Nc1nc(NC)nc(OC)n1. The Bertz CT molecular complexity index is 551. The van der Waals surface area contributed by atoms with E-state index in [0.29, 0.717) is 11.9 Å². The van der Waals surface area contributed by atoms with Crippen LogP contribution in [0.3, 0.4) is 0 Å². The zero-order valence-corrected chi connectivity index (χ0v) is 12.0. The van der Waals surface area contributed by atoms with Crippen LogP contribution in [0.25, 0.3) is 0 Å². The highest BCUT2D eigenvalue weighted by atomic mass is 16.5. The molecule has 0 atom stereocenters. The molecular formula is C14H19N5O. The largest absolute Gasteiger partial charge is 0.467 e. The average molecular weight is 273 g/mol. The number of hydrogen-bond donors (Lipinski definition) is 2. The summed E-state index contributed by atoms with van der Waals surface area (Å²) in [7, 11) is 3.28. The normalized spacial score (nSPS) is 10.2. The molecule has 1 aromatic heterocycles. The molecular weight excluding hydrogens is 254 g/mol. The van der Waals surface area contributed by atoms with Gasteiger partial charge < -0.3 is 15.4 Å². The lowest BCUT2D eigenvalue weighted by atomic mass is 10.1. The first-order valence-corrected chi connectivity index (χ1v) is 6.59. The van der Waals surface area contributed by atoms with Crippen LogP contribution >= 0.6 is 0 Å². The minimum absolute atomic E-state index is 0.278. The van der Waals surface area contributed by atoms with Crippen LogP contribution in [0.2, 0.25) is 0 Å². The molecule has 0 spiro atoms. The topological polar surface area (TPSA) is 72.0 Å². The first kappa shape index (κ1) is 14.0. The first-order chi connectivity index (χ1) is 9.76. The molecule has 0 bridgehead atoms. The van der Waals surface area contributed by atoms with Crippen molar-refractivity contribution < 1.29 is 4.74 Å². The van der Waals surface area contributed by atoms with Gasteiger partial charge in [0.25, 0.3) is 0 Å². The van der Waals surface area contributed by atoms with Crippen molar-refractivity contribution in [3.63, 3.8) is 0 Å². The molecule has 1 aromatic carbocycles. The smallest absolute Gasteiger partial charge is 0.322 e. The number of methoxy groups -OCH3 is 1. The molecule has 20 heavy (non-hydrogen) atoms. The molecule has 2 N–H and O–H groups in total. The molecule has 106 valence electrons. The predicted molar refractivity (Wildman–Crippen MR) is 79.6 cm³/mol. The van der Waals surface area contributed by atoms with Gasteiger partial charge in [-0.15, -0.1) is 0 Å². The van der Waals surface area contributed by atoms with E-state index in [1.807, 2.05) is 18.2 Å². The first-order valence-electron chi connectivity index (χ1n) is 6.59. The maximum Gasteiger partial charge on any atom is 0.322 e. The monoisotopic (exact) mass is 273 g/mol. The van der Waals surface area contributed by atoms with Crippen LogP contribution in [0, 0.1) is 0 Å². The molecule has 1 heterocycles. The fourth-order valence-electron chi connectivity index (χ4n) is 1.87. The molecule has 0 amide bonds. The van der Waals surface area contributed by atoms with Crippen LogP contribution in [0.1, 0.15) is 18.9 Å². The van der Waals surface area contributed by atoms with Gasteiger partial charge in [-0.05, 0) is 18.1 Å². The summed E-state index contributed by atoms with van der Waals surface area (Å²) in [5.41, 5.74) is 2.24. The van der Waals surface area contributed by atoms with Gasteiger partial charge in [0.1, 0.15) is 0 Å². The maximum absolute atomic E-state index is 5.07. The van der Waals surface area contributed by atoms with E-state index in [4.69, 9.17) is 4.74 Å². The number of nitrogens with one attached hydrogen (secondary N) is 2. The van der Waals surface area contributed by atoms with E-state index < -0.39 is 0 Å². The Morgan fingerprint density at radius 3 is 2.55 bits per heavy atom. The van der Waals surface area contributed by atoms with Crippen molar-refractivity contribution in [2.45, 2.75) is 19.8 Å². The molecule has 0 radical (unpaired) electrons. The molecule has 0 aliphatic carbocycles. The van der Waals surface area contributed by atoms with Gasteiger partial charge in [-0.3, -0.25) is 0 Å². The lowest BCUT2D eigenvalue weighted by Gasteiger charge is -2.11. The standard InChI is InChI=1S/C14H19N5O/c1-4-7-10-8-5-6-9-11(10)16-13-17-12(15-2)18-14(19-13)20-3/h5-6,8-9H,4,7H2,1-3H3,(H2,15,16,17,18,19). The Morgan fingerprint density at radius 2 is 1.85 bits per heavy atom. The van der Waals surface area contributed by atoms with Gasteiger partial charge in [-0.25, -0.2) is 0 Å². The van der Waals surface area contributed by atoms with Crippen LogP contribution in [0.4, 0.5) is 17.6 Å². The number of hydrogen-bond acceptors (Lipinski definition) is 6. The van der Waals surface area contributed by atoms with Crippen molar-refractivity contribution in [3.05, 3.63) is 29.8 Å². The van der Waals surface area contributed by atoms with Gasteiger partial charge in [0.15, 0.2) is 0 Å². The summed E-state index contributed by atoms with van der Waals surface area (Å²) in [6, 6.07) is 8.41. The third-order valence-corrected chi connectivity index (χ3v) is 2.80. The van der Waals surface area contributed by atoms with E-state index in [1.165, 1.54) is 12.7 Å². The number of para-hydroxylation sites is 1. The van der Waals surface area contributed by atoms with E-state index >= 15 is 0 Å². The lowest BCUT2D eigenvalue weighted by molar-refractivity contribution is 0.379. The Balaban J connectivity index is 2.29. The summed E-state index contributed by atoms with van der Waals surface area (Å²) in [6.07, 6.45) is 2.09. The quantitative estimate of drug-likeness (QED) is 0.843. The van der Waals surface area contributed by atoms with Gasteiger partial charge in [-0.1, -0.05) is 31.5 Å². The molecule has 0 saturated heterocycles. The maximum atomic E-state index is 5.07. The van der Waals surface area contributed by atoms with Crippen molar-refractivity contribution in [1.29, 1.82) is 0 Å². The molecule has 2 rings (SSSR count). The number of rotatable bonds is 6. The van der Waals surface area contributed by atoms with Crippen LogP contribution in [-0.2, 0) is 6.42 Å². The summed E-state index contributed by atoms with van der Waals surface area (Å²) < 4.78 is 5.07. The zero-order chi connectivity index (χ0) is 14.4. The van der Waals surface area contributed by atoms with Gasteiger partial charge in [0.2, 0.25) is 11.9 Å². The number of benzene rings is 1. The molecule has 6 nitrogen and oxygen atoms in total. The number of aromatic nitrogens is 3. The molecule has 2 aromatic rings. The minimum atomic E-state index is 0.278. The van der Waals surface area contributed by atoms with E-state index in [-0.39, 0.29) is 6.01 Å². The summed E-state index contributed by atoms with van der Waals surface area (Å²) in [4.78, 5) is 12.5. The lowest BCUT2D eigenvalue weighted by Crippen LogP contribution is -2.06. The molecule has 0 saturated carbocycles. The Hall–Kier alpha value is -2.37. The number of ether oxygens (including phenoxy) is 1. The van der Waals surface area contributed by atoms with Crippen molar-refractivity contribution in [2.75, 3.05) is 24.8 Å². The summed E-state index contributed by atoms with van der Waals surface area (Å²) in [5, 5.41) is 6.11. The van der Waals surface area contributed by atoms with Gasteiger partial charge in [0.05, 0.1) is 7.11 Å². The fraction of sp³-hybridized carbons (Fsp3) is 0.357. The number of aryl methyl sites for hydroxylation is 1. The summed E-state index contributed by atoms with van der Waals surface area (Å²) in [5.74, 6) is 0.928. The average Bonchev–Trinajstić information content (AvgIpc) is 2.49. The highest BCUT2D eigenvalue weighted by molar-refractivity contribution is 5.59. The highest BCUT2D eigenvalue weighted by Gasteiger charge is 2.08. The Labute approximate surface area is 118 Å². The third-order valence-electron chi connectivity index (χ3n) is 2.80. The van der Waals surface area contributed by atoms with Crippen LogP contribution < -0.4 is 15.4 Å². The molecule has 0 unspecified atom stereocenters. The second kappa shape index (κ2) is 6.70. The molecule has 6 heteroatoms. The second-order valence-corrected chi connectivity index (χ2v) is 4.25. The van der Waals surface area contributed by atoms with E-state index in [0.717, 1.165) is 18.5 Å². The van der Waals surface area contributed by atoms with E-state index in [2.05, 4.69) is 38.6 Å². The van der Waals surface area contributed by atoms with Gasteiger partial charge in [-0.2, -0.15) is 15.0 Å². The van der Waals surface area contributed by atoms with Crippen LogP contribution in [-0.4, -0.2) is 29.1 Å². The Kier molecular flexibility index (Phi) is 4.70. The summed E-state index contributed by atoms with van der Waals surface area (Å²) >= 11 is 0. The minimum Gasteiger partial charge on any atom is -0.467 e. The van der Waals surface area contributed by atoms with E-state index in [9.17, 15) is 0 Å². The molecule has 0 aliphatic heterocycles. The fourth-order valence-corrected chi connectivity index (χ4v) is 1.87. The Morgan fingerprint density at radius 1 is 1.10 bits per heavy atom.